The molecular formula is C18H19N5OS. The minimum Gasteiger partial charge on any atom is -0.328 e. The molecule has 6 nitrogen and oxygen atoms in total. The number of rotatable bonds is 5. The second-order valence-electron chi connectivity index (χ2n) is 6.15. The van der Waals surface area contributed by atoms with Crippen molar-refractivity contribution >= 4 is 23.1 Å². The molecule has 4 rings (SSSR count). The molecule has 3 aromatic rings. The summed E-state index contributed by atoms with van der Waals surface area (Å²) in [5.74, 6) is 1.02. The Kier molecular flexibility index (Phi) is 4.31. The smallest absolute Gasteiger partial charge is 0.269 e. The van der Waals surface area contributed by atoms with Gasteiger partial charge in [-0.3, -0.25) is 4.79 Å². The van der Waals surface area contributed by atoms with Crippen molar-refractivity contribution < 1.29 is 4.79 Å². The lowest BCUT2D eigenvalue weighted by atomic mass is 10.1. The van der Waals surface area contributed by atoms with Gasteiger partial charge in [-0.25, -0.2) is 4.98 Å². The van der Waals surface area contributed by atoms with Crippen LogP contribution in [0.4, 0.5) is 5.69 Å². The number of carbonyl (C=O) groups is 1. The van der Waals surface area contributed by atoms with E-state index in [1.807, 2.05) is 30.5 Å². The van der Waals surface area contributed by atoms with Gasteiger partial charge < -0.3 is 9.88 Å². The summed E-state index contributed by atoms with van der Waals surface area (Å²) in [5.41, 5.74) is 3.80. The maximum atomic E-state index is 12.4. The second-order valence-corrected chi connectivity index (χ2v) is 6.90. The molecule has 1 aliphatic rings. The Morgan fingerprint density at radius 3 is 2.96 bits per heavy atom. The first kappa shape index (κ1) is 16.0. The molecule has 2 aromatic heterocycles. The van der Waals surface area contributed by atoms with Crippen LogP contribution in [0, 0.1) is 0 Å². The van der Waals surface area contributed by atoms with Crippen LogP contribution in [0.25, 0.3) is 11.3 Å². The Bertz CT molecular complexity index is 897. The molecule has 0 atom stereocenters. The number of nitrogens with zero attached hydrogens (tertiary/aromatic N) is 4. The molecule has 0 radical (unpaired) electrons. The first-order chi connectivity index (χ1) is 12.3. The number of hydrogen-bond acceptors (Lipinski definition) is 5. The van der Waals surface area contributed by atoms with Crippen LogP contribution >= 0.6 is 11.5 Å². The summed E-state index contributed by atoms with van der Waals surface area (Å²) >= 11 is 1.15. The van der Waals surface area contributed by atoms with Crippen LogP contribution < -0.4 is 5.32 Å². The van der Waals surface area contributed by atoms with Crippen LogP contribution in [0.1, 0.15) is 41.0 Å². The molecule has 25 heavy (non-hydrogen) atoms. The molecule has 3 heterocycles. The van der Waals surface area contributed by atoms with Crippen molar-refractivity contribution in [3.8, 4) is 11.3 Å². The molecule has 0 saturated carbocycles. The summed E-state index contributed by atoms with van der Waals surface area (Å²) in [6.07, 6.45) is 5.85. The van der Waals surface area contributed by atoms with Crippen LogP contribution in [0.15, 0.2) is 30.5 Å². The molecule has 1 aliphatic heterocycles. The molecular weight excluding hydrogens is 334 g/mol. The van der Waals surface area contributed by atoms with E-state index in [1.54, 1.807) is 0 Å². The largest absolute Gasteiger partial charge is 0.328 e. The highest BCUT2D eigenvalue weighted by Crippen LogP contribution is 2.26. The van der Waals surface area contributed by atoms with Crippen molar-refractivity contribution in [2.45, 2.75) is 39.2 Å². The van der Waals surface area contributed by atoms with E-state index in [9.17, 15) is 4.79 Å². The monoisotopic (exact) mass is 353 g/mol. The molecule has 0 spiro atoms. The van der Waals surface area contributed by atoms with E-state index in [-0.39, 0.29) is 5.91 Å². The van der Waals surface area contributed by atoms with Gasteiger partial charge in [-0.15, -0.1) is 5.10 Å². The van der Waals surface area contributed by atoms with E-state index < -0.39 is 0 Å². The van der Waals surface area contributed by atoms with Crippen molar-refractivity contribution in [2.75, 3.05) is 5.32 Å². The summed E-state index contributed by atoms with van der Waals surface area (Å²) in [7, 11) is 0. The number of imidazole rings is 1. The average Bonchev–Trinajstić information content (AvgIpc) is 3.32. The van der Waals surface area contributed by atoms with Gasteiger partial charge in [0, 0.05) is 18.7 Å². The lowest BCUT2D eigenvalue weighted by molar-refractivity contribution is 0.102. The van der Waals surface area contributed by atoms with Crippen molar-refractivity contribution in [1.29, 1.82) is 0 Å². The van der Waals surface area contributed by atoms with Gasteiger partial charge in [0.25, 0.3) is 5.91 Å². The van der Waals surface area contributed by atoms with Crippen LogP contribution in [-0.4, -0.2) is 25.0 Å². The molecule has 1 aromatic carbocycles. The predicted octanol–water partition coefficient (Wildman–Crippen LogP) is 3.55. The molecule has 1 N–H and O–H groups in total. The summed E-state index contributed by atoms with van der Waals surface area (Å²) in [5, 5.41) is 6.98. The lowest BCUT2D eigenvalue weighted by Crippen LogP contribution is -2.12. The minimum absolute atomic E-state index is 0.142. The molecule has 128 valence electrons. The fraction of sp³-hybridized carbons (Fsp3) is 0.333. The highest BCUT2D eigenvalue weighted by atomic mass is 32.1. The summed E-state index contributed by atoms with van der Waals surface area (Å²) < 4.78 is 6.18. The van der Waals surface area contributed by atoms with E-state index in [4.69, 9.17) is 0 Å². The zero-order valence-electron chi connectivity index (χ0n) is 14.0. The normalized spacial score (nSPS) is 13.0. The third kappa shape index (κ3) is 3.07. The Hall–Kier alpha value is -2.54. The van der Waals surface area contributed by atoms with Gasteiger partial charge in [-0.05, 0) is 42.1 Å². The molecule has 0 aliphatic carbocycles. The van der Waals surface area contributed by atoms with E-state index in [1.165, 1.54) is 0 Å². The Labute approximate surface area is 150 Å². The number of benzene rings is 1. The second kappa shape index (κ2) is 6.76. The molecule has 0 unspecified atom stereocenters. The van der Waals surface area contributed by atoms with Crippen LogP contribution in [0.3, 0.4) is 0 Å². The van der Waals surface area contributed by atoms with Gasteiger partial charge in [0.05, 0.1) is 17.6 Å². The van der Waals surface area contributed by atoms with Crippen LogP contribution in [-0.2, 0) is 19.4 Å². The third-order valence-electron chi connectivity index (χ3n) is 4.41. The summed E-state index contributed by atoms with van der Waals surface area (Å²) in [6.45, 7) is 3.09. The Morgan fingerprint density at radius 1 is 1.32 bits per heavy atom. The highest BCUT2D eigenvalue weighted by molar-refractivity contribution is 7.08. The quantitative estimate of drug-likeness (QED) is 0.761. The number of aromatic nitrogens is 4. The van der Waals surface area contributed by atoms with Gasteiger partial charge in [-0.2, -0.15) is 0 Å². The molecule has 1 amide bonds. The number of amides is 1. The average molecular weight is 353 g/mol. The van der Waals surface area contributed by atoms with Crippen molar-refractivity contribution in [3.05, 3.63) is 46.9 Å². The van der Waals surface area contributed by atoms with E-state index in [0.717, 1.165) is 72.2 Å². The topological polar surface area (TPSA) is 72.7 Å². The lowest BCUT2D eigenvalue weighted by Gasteiger charge is -2.08. The van der Waals surface area contributed by atoms with Crippen molar-refractivity contribution in [3.63, 3.8) is 0 Å². The number of hydrogen-bond donors (Lipinski definition) is 1. The van der Waals surface area contributed by atoms with Crippen molar-refractivity contribution in [1.82, 2.24) is 19.1 Å². The maximum Gasteiger partial charge on any atom is 0.269 e. The predicted molar refractivity (Wildman–Crippen MR) is 97.8 cm³/mol. The standard InChI is InChI=1S/C18H19N5OS/c1-2-4-14-17(25-22-21-14)18(24)20-13-8-6-12(7-9-13)15-11-19-16-5-3-10-23(15)16/h6-9,11H,2-5,10H2,1H3,(H,20,24). The summed E-state index contributed by atoms with van der Waals surface area (Å²) in [6, 6.07) is 7.90. The van der Waals surface area contributed by atoms with Crippen molar-refractivity contribution in [2.24, 2.45) is 0 Å². The fourth-order valence-corrected chi connectivity index (χ4v) is 3.79. The minimum atomic E-state index is -0.142. The molecule has 0 saturated heterocycles. The van der Waals surface area contributed by atoms with Crippen LogP contribution in [0.5, 0.6) is 0 Å². The molecule has 0 bridgehead atoms. The number of fused-ring (bicyclic) bond motifs is 1. The zero-order chi connectivity index (χ0) is 17.2. The molecule has 0 fully saturated rings. The van der Waals surface area contributed by atoms with Gasteiger partial charge in [0.15, 0.2) is 0 Å². The van der Waals surface area contributed by atoms with Crippen LogP contribution in [0.2, 0.25) is 0 Å². The summed E-state index contributed by atoms with van der Waals surface area (Å²) in [4.78, 5) is 17.5. The number of anilines is 1. The van der Waals surface area contributed by atoms with E-state index in [2.05, 4.69) is 31.4 Å². The van der Waals surface area contributed by atoms with E-state index >= 15 is 0 Å². The Morgan fingerprint density at radius 2 is 2.16 bits per heavy atom. The highest BCUT2D eigenvalue weighted by Gasteiger charge is 2.18. The van der Waals surface area contributed by atoms with Gasteiger partial charge in [0.2, 0.25) is 0 Å². The number of carbonyl (C=O) groups excluding carboxylic acids is 1. The van der Waals surface area contributed by atoms with Gasteiger partial charge in [0.1, 0.15) is 10.7 Å². The fourth-order valence-electron chi connectivity index (χ4n) is 3.18. The third-order valence-corrected chi connectivity index (χ3v) is 5.17. The zero-order valence-corrected chi connectivity index (χ0v) is 14.8. The Balaban J connectivity index is 1.50. The number of aryl methyl sites for hydroxylation is 2. The van der Waals surface area contributed by atoms with E-state index in [0.29, 0.717) is 4.88 Å². The first-order valence-corrected chi connectivity index (χ1v) is 9.31. The first-order valence-electron chi connectivity index (χ1n) is 8.53. The SMILES string of the molecule is CCCc1nnsc1C(=O)Nc1ccc(-c2cnc3n2CCC3)cc1. The maximum absolute atomic E-state index is 12.4. The molecule has 7 heteroatoms. The number of nitrogens with one attached hydrogen (secondary N) is 1. The van der Waals surface area contributed by atoms with Gasteiger partial charge in [-0.1, -0.05) is 30.0 Å². The van der Waals surface area contributed by atoms with Gasteiger partial charge >= 0.3 is 0 Å².